The molecule has 2 aromatic rings. The van der Waals surface area contributed by atoms with Gasteiger partial charge in [-0.2, -0.15) is 13.2 Å². The molecule has 0 aromatic heterocycles. The molecule has 0 aliphatic carbocycles. The van der Waals surface area contributed by atoms with Gasteiger partial charge in [0.15, 0.2) is 0 Å². The van der Waals surface area contributed by atoms with Crippen molar-refractivity contribution < 1.29 is 26.4 Å². The molecular formula is C21H25F3N2O3S. The van der Waals surface area contributed by atoms with Crippen LogP contribution in [0.2, 0.25) is 0 Å². The highest BCUT2D eigenvalue weighted by Crippen LogP contribution is 2.32. The van der Waals surface area contributed by atoms with E-state index in [9.17, 15) is 26.4 Å². The monoisotopic (exact) mass is 442 g/mol. The topological polar surface area (TPSA) is 66.5 Å². The van der Waals surface area contributed by atoms with Crippen molar-refractivity contribution in [2.75, 3.05) is 10.6 Å². The van der Waals surface area contributed by atoms with E-state index in [1.54, 1.807) is 6.92 Å². The SMILES string of the molecule is C[C@@H](CCc1ccccc1)NC(=O)[C@H](C)N(c1cccc(C(F)(F)F)c1)S(C)(=O)=O. The largest absolute Gasteiger partial charge is 0.416 e. The Morgan fingerprint density at radius 2 is 1.70 bits per heavy atom. The number of anilines is 1. The summed E-state index contributed by atoms with van der Waals surface area (Å²) in [5.41, 5.74) is -0.0993. The number of carbonyl (C=O) groups is 1. The summed E-state index contributed by atoms with van der Waals surface area (Å²) in [6.07, 6.45) is -2.42. The van der Waals surface area contributed by atoms with Gasteiger partial charge in [0.2, 0.25) is 15.9 Å². The standard InChI is InChI=1S/C21H25F3N2O3S/c1-15(12-13-17-8-5-4-6-9-17)25-20(27)16(2)26(30(3,28)29)19-11-7-10-18(14-19)21(22,23)24/h4-11,14-16H,12-13H2,1-3H3,(H,25,27)/t15-,16-/m0/s1. The van der Waals surface area contributed by atoms with Crippen molar-refractivity contribution in [3.63, 3.8) is 0 Å². The van der Waals surface area contributed by atoms with Crippen LogP contribution >= 0.6 is 0 Å². The van der Waals surface area contributed by atoms with Gasteiger partial charge in [0.1, 0.15) is 6.04 Å². The van der Waals surface area contributed by atoms with E-state index in [4.69, 9.17) is 0 Å². The maximum Gasteiger partial charge on any atom is 0.416 e. The quantitative estimate of drug-likeness (QED) is 0.672. The Labute approximate surface area is 175 Å². The number of hydrogen-bond donors (Lipinski definition) is 1. The Balaban J connectivity index is 2.15. The Hall–Kier alpha value is -2.55. The Morgan fingerprint density at radius 3 is 2.27 bits per heavy atom. The predicted octanol–water partition coefficient (Wildman–Crippen LogP) is 4.00. The molecule has 2 atom stereocenters. The summed E-state index contributed by atoms with van der Waals surface area (Å²) in [6, 6.07) is 12.1. The van der Waals surface area contributed by atoms with Crippen LogP contribution in [0.4, 0.5) is 18.9 Å². The van der Waals surface area contributed by atoms with Crippen molar-refractivity contribution in [2.45, 2.75) is 44.9 Å². The number of hydrogen-bond acceptors (Lipinski definition) is 3. The minimum Gasteiger partial charge on any atom is -0.352 e. The fourth-order valence-corrected chi connectivity index (χ4v) is 4.26. The van der Waals surface area contributed by atoms with Crippen LogP contribution < -0.4 is 9.62 Å². The van der Waals surface area contributed by atoms with Gasteiger partial charge in [-0.05, 0) is 50.5 Å². The molecule has 1 N–H and O–H groups in total. The molecule has 0 saturated carbocycles. The smallest absolute Gasteiger partial charge is 0.352 e. The van der Waals surface area contributed by atoms with E-state index in [2.05, 4.69) is 5.32 Å². The van der Waals surface area contributed by atoms with Gasteiger partial charge in [-0.25, -0.2) is 8.42 Å². The number of nitrogens with zero attached hydrogens (tertiary/aromatic N) is 1. The van der Waals surface area contributed by atoms with Crippen LogP contribution in [0.3, 0.4) is 0 Å². The molecule has 9 heteroatoms. The van der Waals surface area contributed by atoms with E-state index in [0.717, 1.165) is 36.4 Å². The van der Waals surface area contributed by atoms with Gasteiger partial charge in [-0.3, -0.25) is 9.10 Å². The van der Waals surface area contributed by atoms with Crippen molar-refractivity contribution in [1.29, 1.82) is 0 Å². The molecule has 0 aliphatic rings. The first-order chi connectivity index (χ1) is 13.9. The molecule has 0 radical (unpaired) electrons. The van der Waals surface area contributed by atoms with Gasteiger partial charge in [0.05, 0.1) is 17.5 Å². The Kier molecular flexibility index (Phi) is 7.52. The highest BCUT2D eigenvalue weighted by atomic mass is 32.2. The van der Waals surface area contributed by atoms with Crippen molar-refractivity contribution in [1.82, 2.24) is 5.32 Å². The summed E-state index contributed by atoms with van der Waals surface area (Å²) in [5, 5.41) is 2.75. The number of benzene rings is 2. The minimum absolute atomic E-state index is 0.216. The number of aryl methyl sites for hydroxylation is 1. The van der Waals surface area contributed by atoms with Crippen LogP contribution in [0.25, 0.3) is 0 Å². The van der Waals surface area contributed by atoms with E-state index in [1.807, 2.05) is 30.3 Å². The maximum atomic E-state index is 13.0. The lowest BCUT2D eigenvalue weighted by molar-refractivity contribution is -0.137. The molecule has 0 spiro atoms. The molecule has 1 amide bonds. The molecule has 0 bridgehead atoms. The lowest BCUT2D eigenvalue weighted by Gasteiger charge is -2.29. The molecule has 0 saturated heterocycles. The first-order valence-electron chi connectivity index (χ1n) is 9.40. The fraction of sp³-hybridized carbons (Fsp3) is 0.381. The fourth-order valence-electron chi connectivity index (χ4n) is 3.09. The second kappa shape index (κ2) is 9.51. The average molecular weight is 443 g/mol. The van der Waals surface area contributed by atoms with Crippen LogP contribution in [-0.2, 0) is 27.4 Å². The number of alkyl halides is 3. The summed E-state index contributed by atoms with van der Waals surface area (Å²) in [5.74, 6) is -0.585. The third-order valence-electron chi connectivity index (χ3n) is 4.61. The van der Waals surface area contributed by atoms with Gasteiger partial charge in [0, 0.05) is 6.04 Å². The van der Waals surface area contributed by atoms with E-state index < -0.39 is 33.7 Å². The normalized spacial score (nSPS) is 14.1. The average Bonchev–Trinajstić information content (AvgIpc) is 2.65. The van der Waals surface area contributed by atoms with Crippen molar-refractivity contribution in [3.8, 4) is 0 Å². The van der Waals surface area contributed by atoms with Gasteiger partial charge in [0.25, 0.3) is 0 Å². The molecule has 0 unspecified atom stereocenters. The molecule has 2 aromatic carbocycles. The van der Waals surface area contributed by atoms with Gasteiger partial charge >= 0.3 is 6.18 Å². The number of rotatable bonds is 8. The van der Waals surface area contributed by atoms with Crippen LogP contribution in [-0.4, -0.2) is 32.7 Å². The molecular weight excluding hydrogens is 417 g/mol. The number of sulfonamides is 1. The third-order valence-corrected chi connectivity index (χ3v) is 5.86. The van der Waals surface area contributed by atoms with Crippen LogP contribution in [0.5, 0.6) is 0 Å². The zero-order chi connectivity index (χ0) is 22.5. The van der Waals surface area contributed by atoms with Gasteiger partial charge in [-0.1, -0.05) is 36.4 Å². The Morgan fingerprint density at radius 1 is 1.07 bits per heavy atom. The zero-order valence-electron chi connectivity index (χ0n) is 17.0. The van der Waals surface area contributed by atoms with Crippen LogP contribution in [0, 0.1) is 0 Å². The summed E-state index contributed by atoms with van der Waals surface area (Å²) >= 11 is 0. The van der Waals surface area contributed by atoms with E-state index >= 15 is 0 Å². The highest BCUT2D eigenvalue weighted by molar-refractivity contribution is 7.92. The molecule has 30 heavy (non-hydrogen) atoms. The molecule has 0 aliphatic heterocycles. The minimum atomic E-state index is -4.63. The second-order valence-electron chi connectivity index (χ2n) is 7.22. The highest BCUT2D eigenvalue weighted by Gasteiger charge is 2.34. The lowest BCUT2D eigenvalue weighted by atomic mass is 10.1. The summed E-state index contributed by atoms with van der Waals surface area (Å²) in [7, 11) is -4.01. The van der Waals surface area contributed by atoms with Crippen molar-refractivity contribution in [2.24, 2.45) is 0 Å². The molecule has 164 valence electrons. The predicted molar refractivity (Wildman–Crippen MR) is 111 cm³/mol. The van der Waals surface area contributed by atoms with Crippen molar-refractivity contribution in [3.05, 3.63) is 65.7 Å². The third kappa shape index (κ3) is 6.48. The molecule has 5 nitrogen and oxygen atoms in total. The molecule has 0 heterocycles. The lowest BCUT2D eigenvalue weighted by Crippen LogP contribution is -2.50. The van der Waals surface area contributed by atoms with E-state index in [-0.39, 0.29) is 11.7 Å². The summed E-state index contributed by atoms with van der Waals surface area (Å²) < 4.78 is 64.4. The molecule has 2 rings (SSSR count). The number of nitrogens with one attached hydrogen (secondary N) is 1. The number of amides is 1. The van der Waals surface area contributed by atoms with Crippen molar-refractivity contribution >= 4 is 21.6 Å². The second-order valence-corrected chi connectivity index (χ2v) is 9.08. The summed E-state index contributed by atoms with van der Waals surface area (Å²) in [4.78, 5) is 12.7. The van der Waals surface area contributed by atoms with Crippen LogP contribution in [0.15, 0.2) is 54.6 Å². The first-order valence-corrected chi connectivity index (χ1v) is 11.3. The van der Waals surface area contributed by atoms with Crippen LogP contribution in [0.1, 0.15) is 31.4 Å². The van der Waals surface area contributed by atoms with E-state index in [1.165, 1.54) is 13.0 Å². The Bertz CT molecular complexity index is 963. The first kappa shape index (κ1) is 23.7. The maximum absolute atomic E-state index is 13.0. The zero-order valence-corrected chi connectivity index (χ0v) is 17.8. The summed E-state index contributed by atoms with van der Waals surface area (Å²) in [6.45, 7) is 3.14. The number of carbonyl (C=O) groups excluding carboxylic acids is 1. The van der Waals surface area contributed by atoms with Gasteiger partial charge in [-0.15, -0.1) is 0 Å². The number of halogens is 3. The van der Waals surface area contributed by atoms with Gasteiger partial charge < -0.3 is 5.32 Å². The van der Waals surface area contributed by atoms with E-state index in [0.29, 0.717) is 10.7 Å². The molecule has 0 fully saturated rings.